The predicted molar refractivity (Wildman–Crippen MR) is 97.3 cm³/mol. The van der Waals surface area contributed by atoms with Crippen LogP contribution in [0.2, 0.25) is 0 Å². The first-order chi connectivity index (χ1) is 12.3. The molecule has 1 N–H and O–H groups in total. The van der Waals surface area contributed by atoms with Crippen LogP contribution in [0.3, 0.4) is 0 Å². The zero-order valence-electron chi connectivity index (χ0n) is 13.8. The van der Waals surface area contributed by atoms with Gasteiger partial charge < -0.3 is 4.84 Å². The molecule has 6 nitrogen and oxygen atoms in total. The fourth-order valence-corrected chi connectivity index (χ4v) is 2.81. The lowest BCUT2D eigenvalue weighted by atomic mass is 10.2. The van der Waals surface area contributed by atoms with Crippen LogP contribution < -0.4 is 5.06 Å². The first-order valence-corrected chi connectivity index (χ1v) is 8.90. The molecule has 0 aliphatic carbocycles. The number of hydrogen-bond acceptors (Lipinski definition) is 6. The SMILES string of the molecule is CCC(=O)ON(c1ccccc1)c1nc(SCc2ccccc2)n[nH]1. The molecule has 0 bridgehead atoms. The van der Waals surface area contributed by atoms with Crippen LogP contribution in [-0.4, -0.2) is 21.2 Å². The van der Waals surface area contributed by atoms with Gasteiger partial charge in [-0.3, -0.25) is 0 Å². The van der Waals surface area contributed by atoms with E-state index in [4.69, 9.17) is 4.84 Å². The summed E-state index contributed by atoms with van der Waals surface area (Å²) in [5.74, 6) is 0.778. The Morgan fingerprint density at radius 1 is 1.12 bits per heavy atom. The quantitative estimate of drug-likeness (QED) is 0.509. The molecule has 2 aromatic carbocycles. The third kappa shape index (κ3) is 4.60. The lowest BCUT2D eigenvalue weighted by molar-refractivity contribution is -0.143. The molecule has 128 valence electrons. The van der Waals surface area contributed by atoms with Crippen LogP contribution in [0.4, 0.5) is 11.6 Å². The smallest absolute Gasteiger partial charge is 0.332 e. The summed E-state index contributed by atoms with van der Waals surface area (Å²) in [6, 6.07) is 19.4. The number of aromatic amines is 1. The second-order valence-electron chi connectivity index (χ2n) is 5.16. The van der Waals surface area contributed by atoms with Gasteiger partial charge in [0.1, 0.15) is 0 Å². The van der Waals surface area contributed by atoms with E-state index in [1.165, 1.54) is 22.4 Å². The molecule has 0 fully saturated rings. The van der Waals surface area contributed by atoms with Crippen molar-refractivity contribution in [3.63, 3.8) is 0 Å². The van der Waals surface area contributed by atoms with Gasteiger partial charge in [-0.25, -0.2) is 9.89 Å². The van der Waals surface area contributed by atoms with E-state index in [1.54, 1.807) is 6.92 Å². The van der Waals surface area contributed by atoms with Gasteiger partial charge in [-0.1, -0.05) is 67.2 Å². The van der Waals surface area contributed by atoms with Crippen molar-refractivity contribution in [2.24, 2.45) is 0 Å². The Morgan fingerprint density at radius 2 is 1.80 bits per heavy atom. The van der Waals surface area contributed by atoms with Crippen LogP contribution in [0.5, 0.6) is 0 Å². The van der Waals surface area contributed by atoms with E-state index >= 15 is 0 Å². The second-order valence-corrected chi connectivity index (χ2v) is 6.11. The Hall–Kier alpha value is -2.80. The summed E-state index contributed by atoms with van der Waals surface area (Å²) in [5, 5.41) is 9.00. The van der Waals surface area contributed by atoms with Crippen LogP contribution in [0.1, 0.15) is 18.9 Å². The number of nitrogens with one attached hydrogen (secondary N) is 1. The number of H-pyrrole nitrogens is 1. The van der Waals surface area contributed by atoms with Crippen molar-refractivity contribution in [1.29, 1.82) is 0 Å². The lowest BCUT2D eigenvalue weighted by Crippen LogP contribution is -2.23. The zero-order chi connectivity index (χ0) is 17.5. The van der Waals surface area contributed by atoms with Crippen molar-refractivity contribution >= 4 is 29.4 Å². The van der Waals surface area contributed by atoms with Crippen molar-refractivity contribution in [2.45, 2.75) is 24.3 Å². The lowest BCUT2D eigenvalue weighted by Gasteiger charge is -2.19. The predicted octanol–water partition coefficient (Wildman–Crippen LogP) is 4.10. The highest BCUT2D eigenvalue weighted by atomic mass is 32.2. The van der Waals surface area contributed by atoms with Crippen molar-refractivity contribution in [3.8, 4) is 0 Å². The Bertz CT molecular complexity index is 808. The van der Waals surface area contributed by atoms with Crippen molar-refractivity contribution in [1.82, 2.24) is 15.2 Å². The van der Waals surface area contributed by atoms with Crippen molar-refractivity contribution in [2.75, 3.05) is 5.06 Å². The third-order valence-corrected chi connectivity index (χ3v) is 4.25. The molecule has 3 aromatic rings. The number of carbonyl (C=O) groups excluding carboxylic acids is 1. The maximum absolute atomic E-state index is 11.8. The standard InChI is InChI=1S/C18H18N4O2S/c1-2-16(23)24-22(15-11-7-4-8-12-15)17-19-18(21-20-17)25-13-14-9-5-3-6-10-14/h3-12H,2,13H2,1H3,(H,19,20,21). The highest BCUT2D eigenvalue weighted by Gasteiger charge is 2.18. The molecule has 25 heavy (non-hydrogen) atoms. The van der Waals surface area contributed by atoms with Crippen molar-refractivity contribution in [3.05, 3.63) is 66.2 Å². The molecule has 1 heterocycles. The number of anilines is 2. The molecule has 0 aliphatic rings. The van der Waals surface area contributed by atoms with Gasteiger partial charge in [0.25, 0.3) is 5.95 Å². The van der Waals surface area contributed by atoms with Crippen LogP contribution in [0.15, 0.2) is 65.8 Å². The molecule has 7 heteroatoms. The molecule has 0 atom stereocenters. The minimum absolute atomic E-state index is 0.271. The summed E-state index contributed by atoms with van der Waals surface area (Å²) in [6.07, 6.45) is 0.271. The van der Waals surface area contributed by atoms with E-state index in [-0.39, 0.29) is 12.4 Å². The summed E-state index contributed by atoms with van der Waals surface area (Å²) in [7, 11) is 0. The molecule has 0 unspecified atom stereocenters. The highest BCUT2D eigenvalue weighted by Crippen LogP contribution is 2.26. The fourth-order valence-electron chi connectivity index (χ4n) is 2.06. The van der Waals surface area contributed by atoms with Gasteiger partial charge in [0.05, 0.1) is 5.69 Å². The number of para-hydroxylation sites is 1. The number of thioether (sulfide) groups is 1. The van der Waals surface area contributed by atoms with E-state index < -0.39 is 0 Å². The number of nitrogens with zero attached hydrogens (tertiary/aromatic N) is 3. The number of benzene rings is 2. The van der Waals surface area contributed by atoms with E-state index in [2.05, 4.69) is 27.3 Å². The maximum Gasteiger partial charge on any atom is 0.332 e. The normalized spacial score (nSPS) is 10.4. The highest BCUT2D eigenvalue weighted by molar-refractivity contribution is 7.98. The van der Waals surface area contributed by atoms with E-state index in [0.717, 1.165) is 5.75 Å². The van der Waals surface area contributed by atoms with Crippen LogP contribution in [0, 0.1) is 0 Å². The molecule has 0 aliphatic heterocycles. The number of rotatable bonds is 7. The minimum Gasteiger partial charge on any atom is -0.333 e. The zero-order valence-corrected chi connectivity index (χ0v) is 14.6. The average Bonchev–Trinajstić information content (AvgIpc) is 3.14. The van der Waals surface area contributed by atoms with Gasteiger partial charge >= 0.3 is 5.97 Å². The second kappa shape index (κ2) is 8.34. The number of hydrogen-bond donors (Lipinski definition) is 1. The van der Waals surface area contributed by atoms with Gasteiger partial charge in [-0.05, 0) is 17.7 Å². The molecule has 0 amide bonds. The summed E-state index contributed by atoms with van der Waals surface area (Å²) < 4.78 is 0. The minimum atomic E-state index is -0.348. The first-order valence-electron chi connectivity index (χ1n) is 7.91. The Balaban J connectivity index is 1.75. The molecular formula is C18H18N4O2S. The van der Waals surface area contributed by atoms with E-state index in [1.807, 2.05) is 48.5 Å². The Kier molecular flexibility index (Phi) is 5.69. The van der Waals surface area contributed by atoms with Crippen LogP contribution in [0.25, 0.3) is 0 Å². The first kappa shape index (κ1) is 17.0. The third-order valence-electron chi connectivity index (χ3n) is 3.33. The van der Waals surface area contributed by atoms with E-state index in [0.29, 0.717) is 16.8 Å². The number of aromatic nitrogens is 3. The molecular weight excluding hydrogens is 336 g/mol. The van der Waals surface area contributed by atoms with Gasteiger partial charge in [0.2, 0.25) is 5.16 Å². The fraction of sp³-hybridized carbons (Fsp3) is 0.167. The molecule has 3 rings (SSSR count). The monoisotopic (exact) mass is 354 g/mol. The molecule has 0 saturated carbocycles. The van der Waals surface area contributed by atoms with Gasteiger partial charge in [0.15, 0.2) is 0 Å². The van der Waals surface area contributed by atoms with Gasteiger partial charge in [-0.15, -0.1) is 10.2 Å². The molecule has 0 saturated heterocycles. The Morgan fingerprint density at radius 3 is 2.48 bits per heavy atom. The largest absolute Gasteiger partial charge is 0.333 e. The average molecular weight is 354 g/mol. The van der Waals surface area contributed by atoms with Gasteiger partial charge in [-0.2, -0.15) is 4.98 Å². The summed E-state index contributed by atoms with van der Waals surface area (Å²) in [5.41, 5.74) is 1.89. The molecule has 1 aromatic heterocycles. The topological polar surface area (TPSA) is 71.1 Å². The number of carbonyl (C=O) groups is 1. The summed E-state index contributed by atoms with van der Waals surface area (Å²) in [4.78, 5) is 21.6. The Labute approximate surface area is 150 Å². The molecule has 0 spiro atoms. The van der Waals surface area contributed by atoms with Crippen LogP contribution >= 0.6 is 11.8 Å². The molecule has 0 radical (unpaired) electrons. The maximum atomic E-state index is 11.8. The summed E-state index contributed by atoms with van der Waals surface area (Å²) in [6.45, 7) is 1.74. The van der Waals surface area contributed by atoms with E-state index in [9.17, 15) is 4.79 Å². The summed E-state index contributed by atoms with van der Waals surface area (Å²) >= 11 is 1.51. The van der Waals surface area contributed by atoms with Crippen molar-refractivity contribution < 1.29 is 9.63 Å². The van der Waals surface area contributed by atoms with Gasteiger partial charge in [0, 0.05) is 12.2 Å². The van der Waals surface area contributed by atoms with Crippen LogP contribution in [-0.2, 0) is 15.4 Å².